The highest BCUT2D eigenvalue weighted by Crippen LogP contribution is 2.25. The summed E-state index contributed by atoms with van der Waals surface area (Å²) in [5, 5.41) is 3.55. The molecule has 3 rings (SSSR count). The minimum Gasteiger partial charge on any atom is -0.493 e. The van der Waals surface area contributed by atoms with Crippen LogP contribution in [-0.4, -0.2) is 18.8 Å². The molecule has 0 saturated heterocycles. The number of ether oxygens (including phenoxy) is 2. The third kappa shape index (κ3) is 5.92. The first kappa shape index (κ1) is 21.1. The fourth-order valence-electron chi connectivity index (χ4n) is 2.75. The van der Waals surface area contributed by atoms with E-state index >= 15 is 0 Å². The van der Waals surface area contributed by atoms with Crippen molar-refractivity contribution < 1.29 is 14.3 Å². The van der Waals surface area contributed by atoms with E-state index in [1.807, 2.05) is 49.6 Å². The van der Waals surface area contributed by atoms with E-state index in [2.05, 4.69) is 5.32 Å². The lowest BCUT2D eigenvalue weighted by Crippen LogP contribution is -2.13. The topological polar surface area (TPSA) is 47.6 Å². The van der Waals surface area contributed by atoms with Gasteiger partial charge in [0.25, 0.3) is 5.91 Å². The Morgan fingerprint density at radius 2 is 1.86 bits per heavy atom. The summed E-state index contributed by atoms with van der Waals surface area (Å²) in [6, 6.07) is 20.3. The number of carbonyl (C=O) groups excluding carboxylic acids is 1. The van der Waals surface area contributed by atoms with Gasteiger partial charge in [-0.2, -0.15) is 0 Å². The van der Waals surface area contributed by atoms with Crippen LogP contribution in [0.25, 0.3) is 0 Å². The van der Waals surface area contributed by atoms with Crippen molar-refractivity contribution in [2.45, 2.75) is 18.4 Å². The van der Waals surface area contributed by atoms with Gasteiger partial charge in [-0.05, 0) is 67.8 Å². The Hall–Kier alpha value is -2.63. The fourth-order valence-corrected chi connectivity index (χ4v) is 3.39. The van der Waals surface area contributed by atoms with Gasteiger partial charge in [0.2, 0.25) is 0 Å². The first-order valence-corrected chi connectivity index (χ1v) is 10.8. The van der Waals surface area contributed by atoms with Crippen LogP contribution in [0.3, 0.4) is 0 Å². The molecule has 0 radical (unpaired) electrons. The number of anilines is 1. The second-order valence-electron chi connectivity index (χ2n) is 6.19. The van der Waals surface area contributed by atoms with Crippen molar-refractivity contribution >= 4 is 35.0 Å². The maximum absolute atomic E-state index is 12.7. The molecule has 29 heavy (non-hydrogen) atoms. The Balaban J connectivity index is 1.78. The molecule has 3 aromatic carbocycles. The number of halogens is 1. The number of carbonyl (C=O) groups is 1. The molecule has 0 bridgehead atoms. The largest absolute Gasteiger partial charge is 0.493 e. The van der Waals surface area contributed by atoms with E-state index < -0.39 is 0 Å². The summed E-state index contributed by atoms with van der Waals surface area (Å²) in [6.07, 6.45) is 2.00. The van der Waals surface area contributed by atoms with Gasteiger partial charge < -0.3 is 14.8 Å². The van der Waals surface area contributed by atoms with Crippen LogP contribution >= 0.6 is 23.4 Å². The number of benzene rings is 3. The molecule has 6 heteroatoms. The van der Waals surface area contributed by atoms with Crippen LogP contribution in [0.4, 0.5) is 5.69 Å². The van der Waals surface area contributed by atoms with Crippen LogP contribution in [0, 0.1) is 0 Å². The standard InChI is InChI=1S/C23H22ClNO3S/c1-3-27-22-11-10-16(23(26)25-19-7-5-9-21(14-19)29-2)12-17(22)15-28-20-8-4-6-18(24)13-20/h4-14H,3,15H2,1-2H3,(H,25,26). The van der Waals surface area contributed by atoms with Crippen molar-refractivity contribution in [3.63, 3.8) is 0 Å². The number of hydrogen-bond donors (Lipinski definition) is 1. The maximum atomic E-state index is 12.7. The molecule has 0 spiro atoms. The van der Waals surface area contributed by atoms with Crippen LogP contribution in [0.2, 0.25) is 5.02 Å². The molecule has 0 aliphatic carbocycles. The van der Waals surface area contributed by atoms with Crippen molar-refractivity contribution in [3.8, 4) is 11.5 Å². The van der Waals surface area contributed by atoms with E-state index in [-0.39, 0.29) is 12.5 Å². The molecule has 0 heterocycles. The number of nitrogens with one attached hydrogen (secondary N) is 1. The number of amides is 1. The van der Waals surface area contributed by atoms with Crippen LogP contribution in [0.1, 0.15) is 22.8 Å². The van der Waals surface area contributed by atoms with E-state index in [1.165, 1.54) is 0 Å². The average molecular weight is 428 g/mol. The summed E-state index contributed by atoms with van der Waals surface area (Å²) in [5.41, 5.74) is 2.08. The zero-order chi connectivity index (χ0) is 20.6. The summed E-state index contributed by atoms with van der Waals surface area (Å²) in [4.78, 5) is 13.8. The summed E-state index contributed by atoms with van der Waals surface area (Å²) in [6.45, 7) is 2.71. The van der Waals surface area contributed by atoms with Crippen molar-refractivity contribution in [1.82, 2.24) is 0 Å². The van der Waals surface area contributed by atoms with Gasteiger partial charge in [0.15, 0.2) is 0 Å². The van der Waals surface area contributed by atoms with Gasteiger partial charge in [-0.1, -0.05) is 23.7 Å². The number of rotatable bonds is 8. The first-order valence-electron chi connectivity index (χ1n) is 9.18. The number of hydrogen-bond acceptors (Lipinski definition) is 4. The van der Waals surface area contributed by atoms with Crippen molar-refractivity contribution in [1.29, 1.82) is 0 Å². The molecule has 150 valence electrons. The maximum Gasteiger partial charge on any atom is 0.255 e. The highest BCUT2D eigenvalue weighted by molar-refractivity contribution is 7.98. The monoisotopic (exact) mass is 427 g/mol. The van der Waals surface area contributed by atoms with E-state index in [9.17, 15) is 4.79 Å². The summed E-state index contributed by atoms with van der Waals surface area (Å²) >= 11 is 7.64. The van der Waals surface area contributed by atoms with Gasteiger partial charge >= 0.3 is 0 Å². The predicted octanol–water partition coefficient (Wildman–Crippen LogP) is 6.29. The van der Waals surface area contributed by atoms with Crippen LogP contribution in [-0.2, 0) is 6.61 Å². The lowest BCUT2D eigenvalue weighted by molar-refractivity contribution is 0.102. The van der Waals surface area contributed by atoms with Gasteiger partial charge in [-0.15, -0.1) is 11.8 Å². The average Bonchev–Trinajstić information content (AvgIpc) is 2.73. The molecular weight excluding hydrogens is 406 g/mol. The molecule has 0 atom stereocenters. The number of thioether (sulfide) groups is 1. The van der Waals surface area contributed by atoms with Gasteiger partial charge in [0.1, 0.15) is 18.1 Å². The summed E-state index contributed by atoms with van der Waals surface area (Å²) in [7, 11) is 0. The van der Waals surface area contributed by atoms with Crippen molar-refractivity contribution in [2.24, 2.45) is 0 Å². The van der Waals surface area contributed by atoms with E-state index in [0.717, 1.165) is 16.1 Å². The molecule has 0 fully saturated rings. The highest BCUT2D eigenvalue weighted by atomic mass is 35.5. The molecule has 0 aliphatic heterocycles. The Labute approximate surface area is 180 Å². The minimum atomic E-state index is -0.185. The van der Waals surface area contributed by atoms with Crippen LogP contribution < -0.4 is 14.8 Å². The zero-order valence-corrected chi connectivity index (χ0v) is 17.8. The molecule has 0 aromatic heterocycles. The molecule has 0 unspecified atom stereocenters. The lowest BCUT2D eigenvalue weighted by atomic mass is 10.1. The fraction of sp³-hybridized carbons (Fsp3) is 0.174. The second-order valence-corrected chi connectivity index (χ2v) is 7.50. The lowest BCUT2D eigenvalue weighted by Gasteiger charge is -2.14. The summed E-state index contributed by atoms with van der Waals surface area (Å²) in [5.74, 6) is 1.16. The molecule has 3 aromatic rings. The molecule has 1 N–H and O–H groups in total. The van der Waals surface area contributed by atoms with Gasteiger partial charge in [0.05, 0.1) is 6.61 Å². The molecule has 0 saturated carbocycles. The Bertz CT molecular complexity index is 993. The minimum absolute atomic E-state index is 0.185. The third-order valence-corrected chi connectivity index (χ3v) is 5.10. The van der Waals surface area contributed by atoms with Gasteiger partial charge in [-0.25, -0.2) is 0 Å². The normalized spacial score (nSPS) is 10.4. The smallest absolute Gasteiger partial charge is 0.255 e. The van der Waals surface area contributed by atoms with Crippen LogP contribution in [0.15, 0.2) is 71.6 Å². The molecule has 0 aliphatic rings. The highest BCUT2D eigenvalue weighted by Gasteiger charge is 2.12. The van der Waals surface area contributed by atoms with E-state index in [4.69, 9.17) is 21.1 Å². The molecule has 1 amide bonds. The Morgan fingerprint density at radius 3 is 2.62 bits per heavy atom. The van der Waals surface area contributed by atoms with Gasteiger partial charge in [-0.3, -0.25) is 4.79 Å². The predicted molar refractivity (Wildman–Crippen MR) is 120 cm³/mol. The van der Waals surface area contributed by atoms with Gasteiger partial charge in [0, 0.05) is 26.7 Å². The Morgan fingerprint density at radius 1 is 1.03 bits per heavy atom. The van der Waals surface area contributed by atoms with Crippen molar-refractivity contribution in [2.75, 3.05) is 18.2 Å². The molecular formula is C23H22ClNO3S. The van der Waals surface area contributed by atoms with E-state index in [1.54, 1.807) is 42.1 Å². The third-order valence-electron chi connectivity index (χ3n) is 4.14. The van der Waals surface area contributed by atoms with Crippen molar-refractivity contribution in [3.05, 3.63) is 82.9 Å². The quantitative estimate of drug-likeness (QED) is 0.429. The van der Waals surface area contributed by atoms with Crippen LogP contribution in [0.5, 0.6) is 11.5 Å². The summed E-state index contributed by atoms with van der Waals surface area (Å²) < 4.78 is 11.5. The molecule has 4 nitrogen and oxygen atoms in total. The Kier molecular flexibility index (Phi) is 7.44. The SMILES string of the molecule is CCOc1ccc(C(=O)Nc2cccc(SC)c2)cc1COc1cccc(Cl)c1. The zero-order valence-electron chi connectivity index (χ0n) is 16.3. The van der Waals surface area contributed by atoms with E-state index in [0.29, 0.717) is 28.7 Å². The first-order chi connectivity index (χ1) is 14.1. The second kappa shape index (κ2) is 10.2.